The van der Waals surface area contributed by atoms with Gasteiger partial charge in [0.25, 0.3) is 0 Å². The van der Waals surface area contributed by atoms with Gasteiger partial charge in [0, 0.05) is 18.1 Å². The van der Waals surface area contributed by atoms with Crippen molar-refractivity contribution in [1.82, 2.24) is 19.7 Å². The lowest BCUT2D eigenvalue weighted by Gasteiger charge is -2.29. The van der Waals surface area contributed by atoms with Gasteiger partial charge >= 0.3 is 0 Å². The van der Waals surface area contributed by atoms with Crippen molar-refractivity contribution in [3.8, 4) is 5.69 Å². The molecule has 8 heteroatoms. The lowest BCUT2D eigenvalue weighted by atomic mass is 10.1. The predicted molar refractivity (Wildman–Crippen MR) is 88.9 cm³/mol. The average Bonchev–Trinajstić information content (AvgIpc) is 3.01. The highest BCUT2D eigenvalue weighted by Gasteiger charge is 2.22. The molecule has 1 unspecified atom stereocenters. The minimum atomic E-state index is -0.409. The number of aliphatic hydroxyl groups is 1. The Kier molecular flexibility index (Phi) is 5.20. The first-order valence-corrected chi connectivity index (χ1v) is 8.74. The number of halogens is 1. The van der Waals surface area contributed by atoms with Crippen molar-refractivity contribution in [3.63, 3.8) is 0 Å². The van der Waals surface area contributed by atoms with Gasteiger partial charge in [-0.05, 0) is 31.0 Å². The predicted octanol–water partition coefficient (Wildman–Crippen LogP) is 2.00. The van der Waals surface area contributed by atoms with E-state index in [1.165, 1.54) is 11.8 Å². The summed E-state index contributed by atoms with van der Waals surface area (Å²) in [6.07, 6.45) is 2.80. The lowest BCUT2D eigenvalue weighted by Crippen LogP contribution is -2.43. The highest BCUT2D eigenvalue weighted by molar-refractivity contribution is 7.99. The summed E-state index contributed by atoms with van der Waals surface area (Å²) in [5, 5.41) is 18.9. The van der Waals surface area contributed by atoms with Gasteiger partial charge in [-0.3, -0.25) is 9.36 Å². The van der Waals surface area contributed by atoms with Crippen LogP contribution in [0, 0.1) is 0 Å². The molecule has 1 aliphatic heterocycles. The van der Waals surface area contributed by atoms with Crippen molar-refractivity contribution < 1.29 is 9.90 Å². The number of nitrogens with zero attached hydrogens (tertiary/aromatic N) is 4. The Hall–Kier alpha value is -1.57. The van der Waals surface area contributed by atoms with Crippen molar-refractivity contribution >= 4 is 29.3 Å². The smallest absolute Gasteiger partial charge is 0.233 e. The Balaban J connectivity index is 1.65. The molecular weight excluding hydrogens is 336 g/mol. The zero-order valence-corrected chi connectivity index (χ0v) is 14.0. The summed E-state index contributed by atoms with van der Waals surface area (Å²) in [5.74, 6) is 0.279. The van der Waals surface area contributed by atoms with E-state index in [-0.39, 0.29) is 11.7 Å². The standard InChI is InChI=1S/C15H17ClN4O2S/c16-11-3-1-4-12(7-11)20-10-17-18-15(20)23-9-14(22)19-6-2-5-13(21)8-19/h1,3-4,7,10,13,21H,2,5-6,8-9H2. The Morgan fingerprint density at radius 3 is 3.13 bits per heavy atom. The van der Waals surface area contributed by atoms with E-state index in [1.54, 1.807) is 21.9 Å². The van der Waals surface area contributed by atoms with Crippen LogP contribution in [-0.2, 0) is 4.79 Å². The van der Waals surface area contributed by atoms with Crippen molar-refractivity contribution in [3.05, 3.63) is 35.6 Å². The number of thioether (sulfide) groups is 1. The molecule has 1 aromatic heterocycles. The third kappa shape index (κ3) is 4.04. The Morgan fingerprint density at radius 2 is 2.35 bits per heavy atom. The molecule has 1 atom stereocenters. The number of likely N-dealkylation sites (tertiary alicyclic amines) is 1. The molecule has 2 aromatic rings. The van der Waals surface area contributed by atoms with E-state index >= 15 is 0 Å². The summed E-state index contributed by atoms with van der Waals surface area (Å²) < 4.78 is 1.80. The summed E-state index contributed by atoms with van der Waals surface area (Å²) in [5.41, 5.74) is 0.853. The van der Waals surface area contributed by atoms with Gasteiger partial charge in [-0.15, -0.1) is 10.2 Å². The van der Waals surface area contributed by atoms with Crippen LogP contribution in [0.1, 0.15) is 12.8 Å². The zero-order chi connectivity index (χ0) is 16.2. The number of piperidine rings is 1. The highest BCUT2D eigenvalue weighted by Crippen LogP contribution is 2.22. The molecule has 1 aliphatic rings. The second-order valence-electron chi connectivity index (χ2n) is 5.39. The number of carbonyl (C=O) groups is 1. The van der Waals surface area contributed by atoms with Crippen LogP contribution >= 0.6 is 23.4 Å². The number of carbonyl (C=O) groups excluding carboxylic acids is 1. The minimum absolute atomic E-state index is 0.00870. The number of hydrogen-bond donors (Lipinski definition) is 1. The Labute approximate surface area is 143 Å². The fourth-order valence-electron chi connectivity index (χ4n) is 2.52. The maximum absolute atomic E-state index is 12.3. The summed E-state index contributed by atoms with van der Waals surface area (Å²) >= 11 is 7.34. The number of aliphatic hydroxyl groups excluding tert-OH is 1. The number of hydrogen-bond acceptors (Lipinski definition) is 5. The van der Waals surface area contributed by atoms with Gasteiger partial charge in [-0.2, -0.15) is 0 Å². The minimum Gasteiger partial charge on any atom is -0.391 e. The largest absolute Gasteiger partial charge is 0.391 e. The van der Waals surface area contributed by atoms with Crippen molar-refractivity contribution in [1.29, 1.82) is 0 Å². The Bertz CT molecular complexity index is 694. The summed E-state index contributed by atoms with van der Waals surface area (Å²) in [7, 11) is 0. The molecule has 2 heterocycles. The first-order chi connectivity index (χ1) is 11.1. The summed E-state index contributed by atoms with van der Waals surface area (Å²) in [6, 6.07) is 7.37. The SMILES string of the molecule is O=C(CSc1nncn1-c1cccc(Cl)c1)N1CCCC(O)C1. The second kappa shape index (κ2) is 7.33. The van der Waals surface area contributed by atoms with Crippen molar-refractivity contribution in [2.75, 3.05) is 18.8 Å². The molecule has 0 spiro atoms. The molecule has 0 radical (unpaired) electrons. The van der Waals surface area contributed by atoms with Crippen molar-refractivity contribution in [2.45, 2.75) is 24.1 Å². The van der Waals surface area contributed by atoms with Gasteiger partial charge in [0.05, 0.1) is 17.5 Å². The fourth-order valence-corrected chi connectivity index (χ4v) is 3.54. The molecule has 3 rings (SSSR count). The van der Waals surface area contributed by atoms with Gasteiger partial charge in [0.15, 0.2) is 5.16 Å². The third-order valence-corrected chi connectivity index (χ3v) is 4.84. The summed E-state index contributed by atoms with van der Waals surface area (Å²) in [4.78, 5) is 14.0. The van der Waals surface area contributed by atoms with E-state index in [4.69, 9.17) is 11.6 Å². The number of rotatable bonds is 4. The van der Waals surface area contributed by atoms with E-state index in [0.717, 1.165) is 18.5 Å². The summed E-state index contributed by atoms with van der Waals surface area (Å²) in [6.45, 7) is 1.12. The maximum atomic E-state index is 12.3. The molecule has 1 saturated heterocycles. The molecule has 1 amide bonds. The fraction of sp³-hybridized carbons (Fsp3) is 0.400. The van der Waals surface area contributed by atoms with E-state index in [9.17, 15) is 9.90 Å². The van der Waals surface area contributed by atoms with Gasteiger partial charge in [0.2, 0.25) is 5.91 Å². The first-order valence-electron chi connectivity index (χ1n) is 7.38. The van der Waals surface area contributed by atoms with Gasteiger partial charge in [-0.1, -0.05) is 29.4 Å². The van der Waals surface area contributed by atoms with Gasteiger partial charge < -0.3 is 10.0 Å². The van der Waals surface area contributed by atoms with Crippen LogP contribution in [0.3, 0.4) is 0 Å². The molecule has 1 fully saturated rings. The van der Waals surface area contributed by atoms with Crippen LogP contribution in [0.2, 0.25) is 5.02 Å². The molecule has 0 saturated carbocycles. The molecular formula is C15H17ClN4O2S. The lowest BCUT2D eigenvalue weighted by molar-refractivity contribution is -0.131. The van der Waals surface area contributed by atoms with E-state index < -0.39 is 6.10 Å². The van der Waals surface area contributed by atoms with Gasteiger partial charge in [-0.25, -0.2) is 0 Å². The molecule has 23 heavy (non-hydrogen) atoms. The van der Waals surface area contributed by atoms with Crippen LogP contribution in [0.4, 0.5) is 0 Å². The van der Waals surface area contributed by atoms with E-state index in [2.05, 4.69) is 10.2 Å². The zero-order valence-electron chi connectivity index (χ0n) is 12.4. The second-order valence-corrected chi connectivity index (χ2v) is 6.77. The van der Waals surface area contributed by atoms with E-state index in [1.807, 2.05) is 18.2 Å². The normalized spacial score (nSPS) is 18.2. The van der Waals surface area contributed by atoms with Crippen LogP contribution in [0.25, 0.3) is 5.69 Å². The van der Waals surface area contributed by atoms with Gasteiger partial charge in [0.1, 0.15) is 6.33 Å². The van der Waals surface area contributed by atoms with E-state index in [0.29, 0.717) is 23.3 Å². The van der Waals surface area contributed by atoms with Crippen LogP contribution < -0.4 is 0 Å². The monoisotopic (exact) mass is 352 g/mol. The Morgan fingerprint density at radius 1 is 1.48 bits per heavy atom. The maximum Gasteiger partial charge on any atom is 0.233 e. The molecule has 6 nitrogen and oxygen atoms in total. The number of amides is 1. The molecule has 1 aromatic carbocycles. The number of β-amino-alcohol motifs (C(OH)–C–C–N with tert-alkyl or cyclic N) is 1. The van der Waals surface area contributed by atoms with Crippen molar-refractivity contribution in [2.24, 2.45) is 0 Å². The topological polar surface area (TPSA) is 71.2 Å². The average molecular weight is 353 g/mol. The first kappa shape index (κ1) is 16.3. The van der Waals surface area contributed by atoms with Crippen LogP contribution in [0.5, 0.6) is 0 Å². The van der Waals surface area contributed by atoms with Crippen LogP contribution in [-0.4, -0.2) is 55.6 Å². The molecule has 0 aliphatic carbocycles. The van der Waals surface area contributed by atoms with Crippen LogP contribution in [0.15, 0.2) is 35.7 Å². The number of benzene rings is 1. The third-order valence-electron chi connectivity index (χ3n) is 3.68. The molecule has 1 N–H and O–H groups in total. The number of aromatic nitrogens is 3. The molecule has 122 valence electrons. The quantitative estimate of drug-likeness (QED) is 0.852. The highest BCUT2D eigenvalue weighted by atomic mass is 35.5. The molecule has 0 bridgehead atoms.